The van der Waals surface area contributed by atoms with Gasteiger partial charge in [0.05, 0.1) is 19.3 Å². The number of amidine groups is 2. The molecular formula is C32H29N5O4S. The van der Waals surface area contributed by atoms with E-state index in [1.165, 1.54) is 16.8 Å². The molecule has 0 fully saturated rings. The molecule has 0 saturated heterocycles. The molecule has 1 amide bonds. The predicted octanol–water partition coefficient (Wildman–Crippen LogP) is 6.13. The van der Waals surface area contributed by atoms with Crippen LogP contribution in [0.4, 0.5) is 0 Å². The summed E-state index contributed by atoms with van der Waals surface area (Å²) in [5, 5.41) is 16.7. The Morgan fingerprint density at radius 1 is 1.00 bits per heavy atom. The number of nitrogens with one attached hydrogen (secondary N) is 1. The molecule has 42 heavy (non-hydrogen) atoms. The lowest BCUT2D eigenvalue weighted by Gasteiger charge is -2.20. The minimum Gasteiger partial charge on any atom is -0.497 e. The van der Waals surface area contributed by atoms with Gasteiger partial charge >= 0.3 is 0 Å². The maximum Gasteiger partial charge on any atom is 0.283 e. The van der Waals surface area contributed by atoms with Crippen molar-refractivity contribution < 1.29 is 19.0 Å². The molecule has 0 saturated carbocycles. The second kappa shape index (κ2) is 12.0. The number of aromatic nitrogens is 1. The molecule has 2 aliphatic heterocycles. The summed E-state index contributed by atoms with van der Waals surface area (Å²) in [7, 11) is 1.63. The average molecular weight is 580 g/mol. The number of hydrogen-bond acceptors (Lipinski definition) is 7. The molecule has 3 heterocycles. The van der Waals surface area contributed by atoms with E-state index in [1.807, 2.05) is 85.9 Å². The largest absolute Gasteiger partial charge is 0.497 e. The standard InChI is InChI=1S/C32H29N5O4S/c1-21-9-3-6-14-28(21)41-20-29-35-37-30(33)26(31(38)34-32(37)42-29)17-22-19-36(27-13-5-4-12-25(22)27)15-8-16-40-24-11-7-10-23(18-24)39-2/h3-7,9-14,17-19,33H,8,15-16,20H2,1-2H3. The maximum atomic E-state index is 13.1. The second-order valence-electron chi connectivity index (χ2n) is 9.74. The summed E-state index contributed by atoms with van der Waals surface area (Å²) in [6.45, 7) is 3.46. The lowest BCUT2D eigenvalue weighted by molar-refractivity contribution is -0.114. The third-order valence-electron chi connectivity index (χ3n) is 6.91. The summed E-state index contributed by atoms with van der Waals surface area (Å²) in [4.78, 5) is 17.3. The highest BCUT2D eigenvalue weighted by atomic mass is 32.2. The molecular weight excluding hydrogens is 550 g/mol. The number of para-hydroxylation sites is 2. The quantitative estimate of drug-likeness (QED) is 0.179. The van der Waals surface area contributed by atoms with Crippen molar-refractivity contribution in [2.75, 3.05) is 20.3 Å². The zero-order valence-electron chi connectivity index (χ0n) is 23.2. The van der Waals surface area contributed by atoms with Crippen molar-refractivity contribution in [1.82, 2.24) is 9.58 Å². The van der Waals surface area contributed by atoms with Gasteiger partial charge in [0.2, 0.25) is 5.17 Å². The van der Waals surface area contributed by atoms with Gasteiger partial charge in [0.15, 0.2) is 5.84 Å². The Morgan fingerprint density at radius 3 is 2.67 bits per heavy atom. The fourth-order valence-corrected chi connectivity index (χ4v) is 5.59. The zero-order valence-corrected chi connectivity index (χ0v) is 24.1. The molecule has 0 unspecified atom stereocenters. The maximum absolute atomic E-state index is 13.1. The number of rotatable bonds is 10. The highest BCUT2D eigenvalue weighted by molar-refractivity contribution is 8.27. The highest BCUT2D eigenvalue weighted by Gasteiger charge is 2.36. The van der Waals surface area contributed by atoms with Crippen LogP contribution < -0.4 is 14.2 Å². The molecule has 1 aromatic heterocycles. The van der Waals surface area contributed by atoms with Gasteiger partial charge in [-0.3, -0.25) is 10.2 Å². The molecule has 4 aromatic rings. The van der Waals surface area contributed by atoms with Gasteiger partial charge in [-0.1, -0.05) is 42.5 Å². The van der Waals surface area contributed by atoms with Gasteiger partial charge < -0.3 is 18.8 Å². The van der Waals surface area contributed by atoms with Crippen molar-refractivity contribution in [2.45, 2.75) is 19.9 Å². The molecule has 6 rings (SSSR count). The van der Waals surface area contributed by atoms with Crippen LogP contribution in [0.3, 0.4) is 0 Å². The van der Waals surface area contributed by atoms with Crippen LogP contribution in [-0.2, 0) is 11.3 Å². The van der Waals surface area contributed by atoms with Crippen molar-refractivity contribution in [1.29, 1.82) is 5.41 Å². The van der Waals surface area contributed by atoms with Crippen molar-refractivity contribution >= 4 is 50.7 Å². The van der Waals surface area contributed by atoms with E-state index in [9.17, 15) is 4.79 Å². The fourth-order valence-electron chi connectivity index (χ4n) is 4.79. The Kier molecular flexibility index (Phi) is 7.78. The molecule has 1 N–H and O–H groups in total. The molecule has 9 nitrogen and oxygen atoms in total. The first-order valence-electron chi connectivity index (χ1n) is 13.5. The van der Waals surface area contributed by atoms with E-state index in [4.69, 9.17) is 19.6 Å². The number of hydrazone groups is 1. The number of amides is 1. The van der Waals surface area contributed by atoms with Crippen molar-refractivity contribution in [3.63, 3.8) is 0 Å². The van der Waals surface area contributed by atoms with Crippen LogP contribution in [0.5, 0.6) is 17.2 Å². The number of carbonyl (C=O) groups is 1. The zero-order chi connectivity index (χ0) is 29.1. The van der Waals surface area contributed by atoms with E-state index in [-0.39, 0.29) is 18.0 Å². The topological polar surface area (TPSA) is 102 Å². The number of aryl methyl sites for hydroxylation is 2. The van der Waals surface area contributed by atoms with Crippen molar-refractivity contribution in [3.8, 4) is 17.2 Å². The molecule has 0 radical (unpaired) electrons. The molecule has 3 aromatic carbocycles. The van der Waals surface area contributed by atoms with Gasteiger partial charge in [0.25, 0.3) is 5.91 Å². The first-order chi connectivity index (χ1) is 20.5. The normalized spacial score (nSPS) is 15.6. The lowest BCUT2D eigenvalue weighted by atomic mass is 10.1. The monoisotopic (exact) mass is 579 g/mol. The van der Waals surface area contributed by atoms with Crippen LogP contribution in [0.2, 0.25) is 0 Å². The average Bonchev–Trinajstić information content (AvgIpc) is 3.58. The van der Waals surface area contributed by atoms with Crippen LogP contribution in [0.25, 0.3) is 17.0 Å². The number of thioether (sulfide) groups is 1. The van der Waals surface area contributed by atoms with Gasteiger partial charge in [-0.15, -0.1) is 0 Å². The summed E-state index contributed by atoms with van der Waals surface area (Å²) in [5.74, 6) is 1.82. The van der Waals surface area contributed by atoms with Gasteiger partial charge in [-0.2, -0.15) is 15.1 Å². The number of methoxy groups -OCH3 is 1. The van der Waals surface area contributed by atoms with E-state index in [0.717, 1.165) is 52.2 Å². The Labute approximate surface area is 247 Å². The third kappa shape index (κ3) is 5.66. The summed E-state index contributed by atoms with van der Waals surface area (Å²) >= 11 is 1.24. The number of aliphatic imine (C=N–C) groups is 1. The van der Waals surface area contributed by atoms with E-state index < -0.39 is 5.91 Å². The molecule has 2 aliphatic rings. The van der Waals surface area contributed by atoms with E-state index in [1.54, 1.807) is 13.2 Å². The van der Waals surface area contributed by atoms with Gasteiger partial charge in [-0.25, -0.2) is 0 Å². The Hall–Kier alpha value is -4.83. The number of nitrogens with zero attached hydrogens (tertiary/aromatic N) is 4. The highest BCUT2D eigenvalue weighted by Crippen LogP contribution is 2.31. The first-order valence-corrected chi connectivity index (χ1v) is 14.3. The SMILES string of the molecule is COc1cccc(OCCCn2cc(C=C3C(=N)N4N=C(COc5ccccc5C)SC4=NC3=O)c3ccccc32)c1. The van der Waals surface area contributed by atoms with Crippen LogP contribution >= 0.6 is 11.8 Å². The minimum absolute atomic E-state index is 0.00749. The van der Waals surface area contributed by atoms with Gasteiger partial charge in [0.1, 0.15) is 28.9 Å². The molecule has 0 spiro atoms. The molecule has 10 heteroatoms. The predicted molar refractivity (Wildman–Crippen MR) is 167 cm³/mol. The summed E-state index contributed by atoms with van der Waals surface area (Å²) in [5.41, 5.74) is 3.08. The Morgan fingerprint density at radius 2 is 1.81 bits per heavy atom. The summed E-state index contributed by atoms with van der Waals surface area (Å²) in [6.07, 6.45) is 4.52. The molecule has 0 aliphatic carbocycles. The van der Waals surface area contributed by atoms with Crippen LogP contribution in [0.15, 0.2) is 94.7 Å². The lowest BCUT2D eigenvalue weighted by Crippen LogP contribution is -2.35. The van der Waals surface area contributed by atoms with Crippen molar-refractivity contribution in [2.24, 2.45) is 10.1 Å². The second-order valence-corrected chi connectivity index (χ2v) is 10.8. The van der Waals surface area contributed by atoms with Gasteiger partial charge in [0, 0.05) is 35.3 Å². The molecule has 212 valence electrons. The van der Waals surface area contributed by atoms with E-state index in [2.05, 4.69) is 14.7 Å². The van der Waals surface area contributed by atoms with Gasteiger partial charge in [-0.05, 0) is 61.0 Å². The fraction of sp³-hybridized carbons (Fsp3) is 0.188. The summed E-state index contributed by atoms with van der Waals surface area (Å²) in [6, 6.07) is 23.3. The number of carbonyl (C=O) groups excluding carboxylic acids is 1. The smallest absolute Gasteiger partial charge is 0.283 e. The first kappa shape index (κ1) is 27.3. The van der Waals surface area contributed by atoms with Crippen LogP contribution in [0, 0.1) is 12.3 Å². The number of hydrogen-bond donors (Lipinski definition) is 1. The van der Waals surface area contributed by atoms with Crippen LogP contribution in [-0.4, -0.2) is 51.9 Å². The van der Waals surface area contributed by atoms with E-state index >= 15 is 0 Å². The number of benzene rings is 3. The summed E-state index contributed by atoms with van der Waals surface area (Å²) < 4.78 is 19.2. The van der Waals surface area contributed by atoms with Crippen LogP contribution in [0.1, 0.15) is 17.5 Å². The number of ether oxygens (including phenoxy) is 3. The van der Waals surface area contributed by atoms with E-state index in [0.29, 0.717) is 16.8 Å². The molecule has 0 bridgehead atoms. The minimum atomic E-state index is -0.460. The third-order valence-corrected chi connectivity index (χ3v) is 7.80. The Balaban J connectivity index is 1.17. The van der Waals surface area contributed by atoms with Crippen molar-refractivity contribution in [3.05, 3.63) is 95.7 Å². The number of fused-ring (bicyclic) bond motifs is 2. The molecule has 0 atom stereocenters. The Bertz CT molecular complexity index is 1770.